The predicted octanol–water partition coefficient (Wildman–Crippen LogP) is 5.10. The Morgan fingerprint density at radius 1 is 0.941 bits per heavy atom. The molecule has 0 fully saturated rings. The number of sulfonamides is 1. The highest BCUT2D eigenvalue weighted by molar-refractivity contribution is 7.92. The lowest BCUT2D eigenvalue weighted by atomic mass is 9.97. The van der Waals surface area contributed by atoms with Gasteiger partial charge in [-0.25, -0.2) is 8.42 Å². The molecular formula is C27H32N2O4S. The number of rotatable bonds is 10. The molecule has 0 bridgehead atoms. The number of nitrogens with zero attached hydrogens (tertiary/aromatic N) is 1. The molecule has 0 spiro atoms. The number of carbonyl (C=O) groups excluding carboxylic acids is 1. The number of benzene rings is 3. The average Bonchev–Trinajstić information content (AvgIpc) is 2.83. The van der Waals surface area contributed by atoms with Crippen molar-refractivity contribution < 1.29 is 17.9 Å². The van der Waals surface area contributed by atoms with Crippen LogP contribution in [0, 0.1) is 12.8 Å². The molecule has 180 valence electrons. The maximum absolute atomic E-state index is 13.5. The van der Waals surface area contributed by atoms with E-state index < -0.39 is 10.0 Å². The molecule has 0 aliphatic carbocycles. The Labute approximate surface area is 202 Å². The molecule has 7 heteroatoms. The maximum atomic E-state index is 13.5. The van der Waals surface area contributed by atoms with Gasteiger partial charge in [-0.05, 0) is 61.2 Å². The summed E-state index contributed by atoms with van der Waals surface area (Å²) < 4.78 is 33.4. The molecular weight excluding hydrogens is 448 g/mol. The number of ether oxygens (including phenoxy) is 1. The van der Waals surface area contributed by atoms with Crippen molar-refractivity contribution in [3.63, 3.8) is 0 Å². The summed E-state index contributed by atoms with van der Waals surface area (Å²) in [5.41, 5.74) is 2.38. The Bertz CT molecular complexity index is 1180. The Morgan fingerprint density at radius 3 is 2.12 bits per heavy atom. The third-order valence-electron chi connectivity index (χ3n) is 5.50. The van der Waals surface area contributed by atoms with Crippen LogP contribution in [0.1, 0.15) is 37.4 Å². The smallest absolute Gasteiger partial charge is 0.264 e. The normalized spacial score (nSPS) is 12.3. The molecule has 1 amide bonds. The molecule has 0 heterocycles. The van der Waals surface area contributed by atoms with Gasteiger partial charge in [0.05, 0.1) is 23.7 Å². The van der Waals surface area contributed by atoms with E-state index in [-0.39, 0.29) is 23.4 Å². The first-order valence-corrected chi connectivity index (χ1v) is 12.7. The maximum Gasteiger partial charge on any atom is 0.264 e. The number of aryl methyl sites for hydroxylation is 1. The highest BCUT2D eigenvalue weighted by atomic mass is 32.2. The standard InChI is InChI=1S/C27H32N2O4S/c1-20(2)18-26(22-12-16-24(33-4)17-13-22)28-27(30)19-29(23-14-10-21(3)11-15-23)34(31,32)25-8-6-5-7-9-25/h5-17,20,26H,18-19H2,1-4H3,(H,28,30). The quantitative estimate of drug-likeness (QED) is 0.438. The van der Waals surface area contributed by atoms with Crippen molar-refractivity contribution in [1.82, 2.24) is 5.32 Å². The Kier molecular flexibility index (Phi) is 8.34. The number of nitrogens with one attached hydrogen (secondary N) is 1. The molecule has 0 saturated heterocycles. The van der Waals surface area contributed by atoms with Gasteiger partial charge in [0.15, 0.2) is 0 Å². The van der Waals surface area contributed by atoms with E-state index in [0.29, 0.717) is 18.0 Å². The molecule has 1 atom stereocenters. The lowest BCUT2D eigenvalue weighted by Gasteiger charge is -2.26. The van der Waals surface area contributed by atoms with E-state index >= 15 is 0 Å². The fraction of sp³-hybridized carbons (Fsp3) is 0.296. The van der Waals surface area contributed by atoms with E-state index in [4.69, 9.17) is 4.74 Å². The van der Waals surface area contributed by atoms with Crippen molar-refractivity contribution in [2.75, 3.05) is 18.0 Å². The van der Waals surface area contributed by atoms with E-state index in [0.717, 1.165) is 21.2 Å². The average molecular weight is 481 g/mol. The first-order chi connectivity index (χ1) is 16.2. The van der Waals surface area contributed by atoms with Crippen LogP contribution < -0.4 is 14.4 Å². The largest absolute Gasteiger partial charge is 0.497 e. The van der Waals surface area contributed by atoms with Gasteiger partial charge in [-0.2, -0.15) is 0 Å². The highest BCUT2D eigenvalue weighted by Gasteiger charge is 2.28. The van der Waals surface area contributed by atoms with Crippen LogP contribution in [-0.2, 0) is 14.8 Å². The van der Waals surface area contributed by atoms with Gasteiger partial charge in [0.1, 0.15) is 12.3 Å². The zero-order chi connectivity index (χ0) is 24.7. The summed E-state index contributed by atoms with van der Waals surface area (Å²) in [4.78, 5) is 13.4. The zero-order valence-corrected chi connectivity index (χ0v) is 20.9. The van der Waals surface area contributed by atoms with Gasteiger partial charge >= 0.3 is 0 Å². The van der Waals surface area contributed by atoms with E-state index in [9.17, 15) is 13.2 Å². The van der Waals surface area contributed by atoms with Gasteiger partial charge in [-0.15, -0.1) is 0 Å². The minimum atomic E-state index is -3.94. The van der Waals surface area contributed by atoms with Crippen molar-refractivity contribution >= 4 is 21.6 Å². The second-order valence-corrected chi connectivity index (χ2v) is 10.5. The SMILES string of the molecule is COc1ccc(C(CC(C)C)NC(=O)CN(c2ccc(C)cc2)S(=O)(=O)c2ccccc2)cc1. The van der Waals surface area contributed by atoms with Crippen molar-refractivity contribution in [2.45, 2.75) is 38.1 Å². The van der Waals surface area contributed by atoms with Crippen LogP contribution >= 0.6 is 0 Å². The molecule has 3 aromatic rings. The molecule has 34 heavy (non-hydrogen) atoms. The Hall–Kier alpha value is -3.32. The second-order valence-electron chi connectivity index (χ2n) is 8.68. The number of anilines is 1. The van der Waals surface area contributed by atoms with Crippen LogP contribution in [-0.4, -0.2) is 28.0 Å². The van der Waals surface area contributed by atoms with Crippen molar-refractivity contribution in [2.24, 2.45) is 5.92 Å². The number of hydrogen-bond acceptors (Lipinski definition) is 4. The molecule has 3 aromatic carbocycles. The fourth-order valence-corrected chi connectivity index (χ4v) is 5.14. The van der Waals surface area contributed by atoms with E-state index in [2.05, 4.69) is 19.2 Å². The summed E-state index contributed by atoms with van der Waals surface area (Å²) in [6.45, 7) is 5.77. The lowest BCUT2D eigenvalue weighted by molar-refractivity contribution is -0.120. The van der Waals surface area contributed by atoms with Gasteiger partial charge in [0.25, 0.3) is 10.0 Å². The van der Waals surface area contributed by atoms with Crippen molar-refractivity contribution in [1.29, 1.82) is 0 Å². The molecule has 0 saturated carbocycles. The monoisotopic (exact) mass is 480 g/mol. The van der Waals surface area contributed by atoms with Gasteiger partial charge in [-0.3, -0.25) is 9.10 Å². The summed E-state index contributed by atoms with van der Waals surface area (Å²) in [6, 6.07) is 22.6. The van der Waals surface area contributed by atoms with Gasteiger partial charge < -0.3 is 10.1 Å². The number of methoxy groups -OCH3 is 1. The van der Waals surface area contributed by atoms with Gasteiger partial charge in [-0.1, -0.05) is 61.9 Å². The molecule has 0 radical (unpaired) electrons. The Balaban J connectivity index is 1.89. The van der Waals surface area contributed by atoms with Crippen LogP contribution in [0.5, 0.6) is 5.75 Å². The highest BCUT2D eigenvalue weighted by Crippen LogP contribution is 2.26. The number of amides is 1. The molecule has 6 nitrogen and oxygen atoms in total. The lowest BCUT2D eigenvalue weighted by Crippen LogP contribution is -2.42. The van der Waals surface area contributed by atoms with Crippen LogP contribution in [0.4, 0.5) is 5.69 Å². The predicted molar refractivity (Wildman–Crippen MR) is 135 cm³/mol. The third kappa shape index (κ3) is 6.38. The molecule has 0 aromatic heterocycles. The number of hydrogen-bond donors (Lipinski definition) is 1. The van der Waals surface area contributed by atoms with E-state index in [1.54, 1.807) is 37.4 Å². The summed E-state index contributed by atoms with van der Waals surface area (Å²) in [5.74, 6) is 0.688. The topological polar surface area (TPSA) is 75.7 Å². The van der Waals surface area contributed by atoms with E-state index in [1.807, 2.05) is 43.3 Å². The van der Waals surface area contributed by atoms with Crippen molar-refractivity contribution in [3.8, 4) is 5.75 Å². The summed E-state index contributed by atoms with van der Waals surface area (Å²) in [5, 5.41) is 3.05. The summed E-state index contributed by atoms with van der Waals surface area (Å²) in [7, 11) is -2.33. The van der Waals surface area contributed by atoms with Crippen LogP contribution in [0.15, 0.2) is 83.8 Å². The zero-order valence-electron chi connectivity index (χ0n) is 20.1. The molecule has 0 aliphatic heterocycles. The van der Waals surface area contributed by atoms with Crippen LogP contribution in [0.3, 0.4) is 0 Å². The van der Waals surface area contributed by atoms with Crippen LogP contribution in [0.25, 0.3) is 0 Å². The summed E-state index contributed by atoms with van der Waals surface area (Å²) >= 11 is 0. The van der Waals surface area contributed by atoms with Crippen LogP contribution in [0.2, 0.25) is 0 Å². The van der Waals surface area contributed by atoms with Gasteiger partial charge in [0, 0.05) is 0 Å². The summed E-state index contributed by atoms with van der Waals surface area (Å²) in [6.07, 6.45) is 0.716. The minimum Gasteiger partial charge on any atom is -0.497 e. The molecule has 3 rings (SSSR count). The third-order valence-corrected chi connectivity index (χ3v) is 7.29. The molecule has 1 N–H and O–H groups in total. The molecule has 1 unspecified atom stereocenters. The first kappa shape index (κ1) is 25.3. The van der Waals surface area contributed by atoms with Gasteiger partial charge in [0.2, 0.25) is 5.91 Å². The first-order valence-electron chi connectivity index (χ1n) is 11.3. The second kappa shape index (κ2) is 11.2. The fourth-order valence-electron chi connectivity index (χ4n) is 3.70. The van der Waals surface area contributed by atoms with E-state index in [1.165, 1.54) is 12.1 Å². The van der Waals surface area contributed by atoms with Crippen molar-refractivity contribution in [3.05, 3.63) is 90.0 Å². The molecule has 0 aliphatic rings. The number of carbonyl (C=O) groups is 1. The minimum absolute atomic E-state index is 0.136. The Morgan fingerprint density at radius 2 is 1.56 bits per heavy atom.